The average molecular weight is 260 g/mol. The number of rotatable bonds is 1. The molecular weight excluding hydrogens is 244 g/mol. The third-order valence-electron chi connectivity index (χ3n) is 4.98. The molecule has 4 atom stereocenters. The topological polar surface area (TPSA) is 63.6 Å². The van der Waals surface area contributed by atoms with E-state index >= 15 is 0 Å². The van der Waals surface area contributed by atoms with Gasteiger partial charge in [-0.05, 0) is 18.8 Å². The summed E-state index contributed by atoms with van der Waals surface area (Å²) in [6.45, 7) is 8.11. The van der Waals surface area contributed by atoms with Crippen molar-refractivity contribution in [3.05, 3.63) is 35.5 Å². The van der Waals surface area contributed by atoms with Gasteiger partial charge in [-0.25, -0.2) is 9.59 Å². The first kappa shape index (κ1) is 12.2. The Kier molecular flexibility index (Phi) is 2.31. The number of carboxylic acids is 1. The first-order chi connectivity index (χ1) is 8.89. The fourth-order valence-corrected chi connectivity index (χ4v) is 3.85. The molecule has 2 aliphatic carbocycles. The van der Waals surface area contributed by atoms with E-state index in [1.54, 1.807) is 6.08 Å². The smallest absolute Gasteiger partial charge is 0.334 e. The quantitative estimate of drug-likeness (QED) is 0.444. The third kappa shape index (κ3) is 1.29. The van der Waals surface area contributed by atoms with Crippen molar-refractivity contribution >= 4 is 11.9 Å². The van der Waals surface area contributed by atoms with Crippen LogP contribution in [0.2, 0.25) is 0 Å². The Labute approximate surface area is 111 Å². The lowest BCUT2D eigenvalue weighted by Crippen LogP contribution is -2.43. The molecule has 100 valence electrons. The van der Waals surface area contributed by atoms with Gasteiger partial charge in [0.05, 0.1) is 6.61 Å². The van der Waals surface area contributed by atoms with E-state index in [-0.39, 0.29) is 24.4 Å². The van der Waals surface area contributed by atoms with Crippen LogP contribution in [0, 0.1) is 23.2 Å². The normalized spacial score (nSPS) is 40.2. The van der Waals surface area contributed by atoms with Crippen LogP contribution in [0.15, 0.2) is 35.5 Å². The summed E-state index contributed by atoms with van der Waals surface area (Å²) in [7, 11) is 0. The number of allylic oxidation sites excluding steroid dienone is 3. The molecule has 3 aliphatic rings. The number of carboxylic acid groups (broad SMARTS) is 1. The average Bonchev–Trinajstić information content (AvgIpc) is 2.80. The molecule has 4 nitrogen and oxygen atoms in total. The molecule has 0 aromatic heterocycles. The van der Waals surface area contributed by atoms with Crippen molar-refractivity contribution in [1.82, 2.24) is 0 Å². The summed E-state index contributed by atoms with van der Waals surface area (Å²) in [6, 6.07) is 0. The van der Waals surface area contributed by atoms with Gasteiger partial charge in [-0.1, -0.05) is 31.2 Å². The van der Waals surface area contributed by atoms with Crippen molar-refractivity contribution in [3.8, 4) is 0 Å². The van der Waals surface area contributed by atoms with Crippen molar-refractivity contribution in [2.75, 3.05) is 6.61 Å². The van der Waals surface area contributed by atoms with E-state index < -0.39 is 17.4 Å². The Balaban J connectivity index is 2.18. The van der Waals surface area contributed by atoms with Crippen LogP contribution in [-0.2, 0) is 14.3 Å². The van der Waals surface area contributed by atoms with Gasteiger partial charge in [-0.2, -0.15) is 0 Å². The maximum absolute atomic E-state index is 11.8. The van der Waals surface area contributed by atoms with Crippen LogP contribution < -0.4 is 0 Å². The summed E-state index contributed by atoms with van der Waals surface area (Å²) >= 11 is 0. The van der Waals surface area contributed by atoms with Crippen LogP contribution in [0.4, 0.5) is 0 Å². The third-order valence-corrected chi connectivity index (χ3v) is 4.98. The molecule has 0 aromatic carbocycles. The van der Waals surface area contributed by atoms with Gasteiger partial charge >= 0.3 is 11.9 Å². The monoisotopic (exact) mass is 260 g/mol. The molecule has 1 fully saturated rings. The minimum Gasteiger partial charge on any atom is -0.478 e. The summed E-state index contributed by atoms with van der Waals surface area (Å²) in [6.07, 6.45) is 3.85. The van der Waals surface area contributed by atoms with Crippen LogP contribution >= 0.6 is 0 Å². The zero-order valence-corrected chi connectivity index (χ0v) is 11.0. The summed E-state index contributed by atoms with van der Waals surface area (Å²) in [5, 5.41) is 9.35. The first-order valence-corrected chi connectivity index (χ1v) is 6.40. The molecule has 3 rings (SSSR count). The number of carbonyl (C=O) groups is 2. The van der Waals surface area contributed by atoms with Crippen LogP contribution in [-0.4, -0.2) is 23.7 Å². The van der Waals surface area contributed by atoms with Gasteiger partial charge in [0.15, 0.2) is 0 Å². The lowest BCUT2D eigenvalue weighted by Gasteiger charge is -2.40. The molecular formula is C15H16O4. The van der Waals surface area contributed by atoms with E-state index in [1.807, 2.05) is 13.0 Å². The fourth-order valence-electron chi connectivity index (χ4n) is 3.85. The van der Waals surface area contributed by atoms with Crippen LogP contribution in [0.5, 0.6) is 0 Å². The Morgan fingerprint density at radius 2 is 2.26 bits per heavy atom. The number of aliphatic carboxylic acids is 1. The second-order valence-corrected chi connectivity index (χ2v) is 5.69. The van der Waals surface area contributed by atoms with Gasteiger partial charge in [-0.3, -0.25) is 0 Å². The first-order valence-electron chi connectivity index (χ1n) is 6.40. The number of esters is 1. The number of hydrogen-bond donors (Lipinski definition) is 1. The molecule has 1 N–H and O–H groups in total. The maximum Gasteiger partial charge on any atom is 0.334 e. The van der Waals surface area contributed by atoms with E-state index in [1.165, 1.54) is 5.57 Å². The van der Waals surface area contributed by atoms with Crippen LogP contribution in [0.1, 0.15) is 13.8 Å². The highest BCUT2D eigenvalue weighted by Gasteiger charge is 2.61. The highest BCUT2D eigenvalue weighted by Crippen LogP contribution is 2.62. The molecule has 0 radical (unpaired) electrons. The van der Waals surface area contributed by atoms with E-state index in [4.69, 9.17) is 4.74 Å². The highest BCUT2D eigenvalue weighted by atomic mass is 16.5. The fraction of sp³-hybridized carbons (Fsp3) is 0.467. The Bertz CT molecular complexity index is 569. The predicted molar refractivity (Wildman–Crippen MR) is 68.2 cm³/mol. The minimum absolute atomic E-state index is 0.00366. The molecule has 1 spiro atoms. The second-order valence-electron chi connectivity index (χ2n) is 5.69. The molecule has 0 aromatic rings. The summed E-state index contributed by atoms with van der Waals surface area (Å²) in [5.41, 5.74) is 1.36. The molecule has 1 aliphatic heterocycles. The Morgan fingerprint density at radius 3 is 2.89 bits per heavy atom. The molecule has 0 amide bonds. The summed E-state index contributed by atoms with van der Waals surface area (Å²) < 4.78 is 5.09. The van der Waals surface area contributed by atoms with Crippen molar-refractivity contribution < 1.29 is 19.4 Å². The Morgan fingerprint density at radius 1 is 1.58 bits per heavy atom. The van der Waals surface area contributed by atoms with E-state index in [9.17, 15) is 14.7 Å². The predicted octanol–water partition coefficient (Wildman–Crippen LogP) is 1.94. The number of ether oxygens (including phenoxy) is 1. The lowest BCUT2D eigenvalue weighted by atomic mass is 9.65. The van der Waals surface area contributed by atoms with Gasteiger partial charge in [0.1, 0.15) is 0 Å². The lowest BCUT2D eigenvalue weighted by molar-refractivity contribution is -0.148. The van der Waals surface area contributed by atoms with Crippen molar-refractivity contribution in [2.24, 2.45) is 23.2 Å². The molecule has 0 bridgehead atoms. The summed E-state index contributed by atoms with van der Waals surface area (Å²) in [5.74, 6) is -1.41. The largest absolute Gasteiger partial charge is 0.478 e. The molecule has 1 saturated heterocycles. The molecule has 0 saturated carbocycles. The standard InChI is InChI=1S/C15H16O4/c1-7-5-15-9(3)14(18)19-6-12(15)10(13(16)17)4-11(15)8(7)2/h4-5,8,11-12H,3,6H2,1-2H3,(H,16,17)/t8-,11+,12-,15+/m1/s1. The van der Waals surface area contributed by atoms with E-state index in [2.05, 4.69) is 13.5 Å². The van der Waals surface area contributed by atoms with Crippen molar-refractivity contribution in [2.45, 2.75) is 13.8 Å². The van der Waals surface area contributed by atoms with E-state index in [0.29, 0.717) is 11.1 Å². The van der Waals surface area contributed by atoms with E-state index in [0.717, 1.165) is 0 Å². The number of carbonyl (C=O) groups excluding carboxylic acids is 1. The Hall–Kier alpha value is -1.84. The summed E-state index contributed by atoms with van der Waals surface area (Å²) in [4.78, 5) is 23.2. The zero-order valence-electron chi connectivity index (χ0n) is 11.0. The molecule has 4 heteroatoms. The second kappa shape index (κ2) is 3.59. The van der Waals surface area contributed by atoms with Crippen molar-refractivity contribution in [1.29, 1.82) is 0 Å². The van der Waals surface area contributed by atoms with Crippen LogP contribution in [0.3, 0.4) is 0 Å². The highest BCUT2D eigenvalue weighted by molar-refractivity contribution is 5.95. The van der Waals surface area contributed by atoms with Crippen LogP contribution in [0.25, 0.3) is 0 Å². The van der Waals surface area contributed by atoms with Gasteiger partial charge in [-0.15, -0.1) is 0 Å². The van der Waals surface area contributed by atoms with Gasteiger partial charge in [0.2, 0.25) is 0 Å². The molecule has 1 heterocycles. The minimum atomic E-state index is -0.928. The van der Waals surface area contributed by atoms with Gasteiger partial charge < -0.3 is 9.84 Å². The van der Waals surface area contributed by atoms with Gasteiger partial charge in [0.25, 0.3) is 0 Å². The molecule has 0 unspecified atom stereocenters. The van der Waals surface area contributed by atoms with Gasteiger partial charge in [0, 0.05) is 22.5 Å². The number of hydrogen-bond acceptors (Lipinski definition) is 3. The zero-order chi connectivity index (χ0) is 13.9. The number of cyclic esters (lactones) is 1. The SMILES string of the molecule is C=C1C(=O)OC[C@@H]2C(C(=O)O)=C[C@H]3[C@H](C)C(C)=C[C@@]123. The van der Waals surface area contributed by atoms with Crippen molar-refractivity contribution in [3.63, 3.8) is 0 Å². The maximum atomic E-state index is 11.8. The molecule has 19 heavy (non-hydrogen) atoms.